The first-order valence-corrected chi connectivity index (χ1v) is 12.4. The highest BCUT2D eigenvalue weighted by Gasteiger charge is 2.36. The standard InChI is InChI=1S/C29H27F4NO4/c1-36-28(35)24-13-23(19-10-11-19)26(14-25(24)30)37-17-18-15-34(16-18)27(20-6-3-2-4-7-20)21-8-5-9-22(12-21)38-29(31,32)33/h2-9,12-14,18-19,27H,10-11,15-17H2,1H3. The Morgan fingerprint density at radius 1 is 1.00 bits per heavy atom. The molecule has 1 aliphatic carbocycles. The molecule has 2 fully saturated rings. The van der Waals surface area contributed by atoms with E-state index in [4.69, 9.17) is 4.74 Å². The lowest BCUT2D eigenvalue weighted by Crippen LogP contribution is -2.51. The number of hydrogen-bond donors (Lipinski definition) is 0. The van der Waals surface area contributed by atoms with Gasteiger partial charge in [-0.1, -0.05) is 42.5 Å². The predicted molar refractivity (Wildman–Crippen MR) is 132 cm³/mol. The molecule has 2 aliphatic rings. The second kappa shape index (κ2) is 10.6. The molecule has 3 aromatic carbocycles. The fourth-order valence-electron chi connectivity index (χ4n) is 4.94. The van der Waals surface area contributed by atoms with E-state index >= 15 is 0 Å². The van der Waals surface area contributed by atoms with Crippen LogP contribution in [0.1, 0.15) is 51.8 Å². The first-order valence-electron chi connectivity index (χ1n) is 12.4. The highest BCUT2D eigenvalue weighted by Crippen LogP contribution is 2.45. The van der Waals surface area contributed by atoms with E-state index in [1.54, 1.807) is 12.1 Å². The largest absolute Gasteiger partial charge is 0.573 e. The van der Waals surface area contributed by atoms with Crippen LogP contribution in [0.2, 0.25) is 0 Å². The van der Waals surface area contributed by atoms with Crippen molar-refractivity contribution < 1.29 is 36.6 Å². The monoisotopic (exact) mass is 529 g/mol. The van der Waals surface area contributed by atoms with Gasteiger partial charge in [-0.2, -0.15) is 0 Å². The van der Waals surface area contributed by atoms with Crippen molar-refractivity contribution in [1.82, 2.24) is 4.90 Å². The molecule has 9 heteroatoms. The van der Waals surface area contributed by atoms with Gasteiger partial charge in [-0.3, -0.25) is 4.90 Å². The zero-order valence-corrected chi connectivity index (χ0v) is 20.7. The van der Waals surface area contributed by atoms with Gasteiger partial charge in [0, 0.05) is 25.1 Å². The van der Waals surface area contributed by atoms with Gasteiger partial charge < -0.3 is 14.2 Å². The molecular formula is C29H27F4NO4. The summed E-state index contributed by atoms with van der Waals surface area (Å²) in [5.41, 5.74) is 2.35. The minimum atomic E-state index is -4.77. The summed E-state index contributed by atoms with van der Waals surface area (Å²) >= 11 is 0. The van der Waals surface area contributed by atoms with Crippen molar-refractivity contribution in [2.75, 3.05) is 26.8 Å². The Bertz CT molecular complexity index is 1290. The van der Waals surface area contributed by atoms with E-state index in [2.05, 4.69) is 14.4 Å². The van der Waals surface area contributed by atoms with Gasteiger partial charge >= 0.3 is 12.3 Å². The van der Waals surface area contributed by atoms with Crippen molar-refractivity contribution in [3.63, 3.8) is 0 Å². The molecule has 0 amide bonds. The maximum atomic E-state index is 14.6. The van der Waals surface area contributed by atoms with Crippen LogP contribution in [-0.4, -0.2) is 44.0 Å². The number of nitrogens with zero attached hydrogens (tertiary/aromatic N) is 1. The average Bonchev–Trinajstić information content (AvgIpc) is 3.70. The van der Waals surface area contributed by atoms with Gasteiger partial charge in [0.05, 0.1) is 25.3 Å². The zero-order chi connectivity index (χ0) is 26.9. The first kappa shape index (κ1) is 26.0. The summed E-state index contributed by atoms with van der Waals surface area (Å²) in [5, 5.41) is 0. The molecule has 0 N–H and O–H groups in total. The second-order valence-electron chi connectivity index (χ2n) is 9.70. The molecule has 1 atom stereocenters. The molecule has 3 aromatic rings. The van der Waals surface area contributed by atoms with Crippen LogP contribution < -0.4 is 9.47 Å². The lowest BCUT2D eigenvalue weighted by atomic mass is 9.90. The topological polar surface area (TPSA) is 48.0 Å². The van der Waals surface area contributed by atoms with Crippen molar-refractivity contribution >= 4 is 5.97 Å². The molecule has 1 saturated carbocycles. The number of alkyl halides is 3. The third-order valence-electron chi connectivity index (χ3n) is 6.87. The summed E-state index contributed by atoms with van der Waals surface area (Å²) in [4.78, 5) is 14.1. The van der Waals surface area contributed by atoms with Crippen LogP contribution in [0.3, 0.4) is 0 Å². The maximum Gasteiger partial charge on any atom is 0.573 e. The van der Waals surface area contributed by atoms with Crippen molar-refractivity contribution in [1.29, 1.82) is 0 Å². The number of carbonyl (C=O) groups excluding carboxylic acids is 1. The molecule has 0 aromatic heterocycles. The van der Waals surface area contributed by atoms with Crippen LogP contribution in [0.15, 0.2) is 66.7 Å². The van der Waals surface area contributed by atoms with E-state index in [0.29, 0.717) is 31.0 Å². The SMILES string of the molecule is COC(=O)c1cc(C2CC2)c(OCC2CN(C(c3ccccc3)c3cccc(OC(F)(F)F)c3)C2)cc1F. The highest BCUT2D eigenvalue weighted by atomic mass is 19.4. The molecule has 5 nitrogen and oxygen atoms in total. The van der Waals surface area contributed by atoms with Gasteiger partial charge in [0.15, 0.2) is 0 Å². The van der Waals surface area contributed by atoms with Crippen molar-refractivity contribution in [2.24, 2.45) is 5.92 Å². The number of halogens is 4. The third-order valence-corrected chi connectivity index (χ3v) is 6.87. The van der Waals surface area contributed by atoms with Crippen LogP contribution >= 0.6 is 0 Å². The number of rotatable bonds is 9. The molecular weight excluding hydrogens is 502 g/mol. The van der Waals surface area contributed by atoms with Crippen molar-refractivity contribution in [2.45, 2.75) is 31.2 Å². The molecule has 5 rings (SSSR count). The quantitative estimate of drug-likeness (QED) is 0.234. The van der Waals surface area contributed by atoms with Gasteiger partial charge in [-0.05, 0) is 53.6 Å². The maximum absolute atomic E-state index is 14.6. The van der Waals surface area contributed by atoms with E-state index < -0.39 is 18.1 Å². The van der Waals surface area contributed by atoms with Gasteiger partial charge in [0.1, 0.15) is 17.3 Å². The van der Waals surface area contributed by atoms with E-state index in [-0.39, 0.29) is 29.2 Å². The summed E-state index contributed by atoms with van der Waals surface area (Å²) in [5.74, 6) is -0.848. The fraction of sp³-hybridized carbons (Fsp3) is 0.345. The minimum Gasteiger partial charge on any atom is -0.493 e. The summed E-state index contributed by atoms with van der Waals surface area (Å²) < 4.78 is 67.9. The van der Waals surface area contributed by atoms with Gasteiger partial charge in [-0.25, -0.2) is 9.18 Å². The second-order valence-corrected chi connectivity index (χ2v) is 9.70. The predicted octanol–water partition coefficient (Wildman–Crippen LogP) is 6.49. The highest BCUT2D eigenvalue weighted by molar-refractivity contribution is 5.90. The molecule has 1 saturated heterocycles. The summed E-state index contributed by atoms with van der Waals surface area (Å²) in [6, 6.07) is 18.1. The van der Waals surface area contributed by atoms with E-state index in [0.717, 1.165) is 24.0 Å². The Hall–Kier alpha value is -3.59. The summed E-state index contributed by atoms with van der Waals surface area (Å²) in [6.07, 6.45) is -2.86. The Balaban J connectivity index is 1.29. The first-order chi connectivity index (χ1) is 18.2. The Morgan fingerprint density at radius 2 is 1.71 bits per heavy atom. The van der Waals surface area contributed by atoms with E-state index in [1.165, 1.54) is 31.4 Å². The molecule has 0 spiro atoms. The number of hydrogen-bond acceptors (Lipinski definition) is 5. The van der Waals surface area contributed by atoms with Crippen LogP contribution in [0.4, 0.5) is 17.6 Å². The number of esters is 1. The van der Waals surface area contributed by atoms with Gasteiger partial charge in [-0.15, -0.1) is 13.2 Å². The molecule has 0 bridgehead atoms. The van der Waals surface area contributed by atoms with Crippen LogP contribution in [-0.2, 0) is 4.74 Å². The minimum absolute atomic E-state index is 0.0981. The third kappa shape index (κ3) is 5.93. The molecule has 1 heterocycles. The average molecular weight is 530 g/mol. The summed E-state index contributed by atoms with van der Waals surface area (Å²) in [6.45, 7) is 1.64. The Kier molecular flexibility index (Phi) is 7.29. The summed E-state index contributed by atoms with van der Waals surface area (Å²) in [7, 11) is 1.22. The lowest BCUT2D eigenvalue weighted by molar-refractivity contribution is -0.274. The number of methoxy groups -OCH3 is 1. The normalized spacial score (nSPS) is 17.0. The Labute approximate surface area is 217 Å². The number of ether oxygens (including phenoxy) is 3. The van der Waals surface area contributed by atoms with Crippen LogP contribution in [0.25, 0.3) is 0 Å². The van der Waals surface area contributed by atoms with Gasteiger partial charge in [0.25, 0.3) is 0 Å². The number of benzene rings is 3. The number of carbonyl (C=O) groups is 1. The van der Waals surface area contributed by atoms with E-state index in [9.17, 15) is 22.4 Å². The molecule has 0 radical (unpaired) electrons. The molecule has 1 unspecified atom stereocenters. The smallest absolute Gasteiger partial charge is 0.493 e. The molecule has 38 heavy (non-hydrogen) atoms. The van der Waals surface area contributed by atoms with E-state index in [1.807, 2.05) is 30.3 Å². The lowest BCUT2D eigenvalue weighted by Gasteiger charge is -2.44. The van der Waals surface area contributed by atoms with Crippen molar-refractivity contribution in [3.8, 4) is 11.5 Å². The zero-order valence-electron chi connectivity index (χ0n) is 20.7. The van der Waals surface area contributed by atoms with Gasteiger partial charge in [0.2, 0.25) is 0 Å². The Morgan fingerprint density at radius 3 is 2.37 bits per heavy atom. The molecule has 1 aliphatic heterocycles. The fourth-order valence-corrected chi connectivity index (χ4v) is 4.94. The molecule has 200 valence electrons. The van der Waals surface area contributed by atoms with Crippen LogP contribution in [0.5, 0.6) is 11.5 Å². The number of likely N-dealkylation sites (tertiary alicyclic amines) is 1. The van der Waals surface area contributed by atoms with Crippen molar-refractivity contribution in [3.05, 3.63) is 94.8 Å². The van der Waals surface area contributed by atoms with Crippen LogP contribution in [0, 0.1) is 11.7 Å².